The first-order chi connectivity index (χ1) is 11.0. The Morgan fingerprint density at radius 3 is 2.57 bits per heavy atom. The molecule has 2 atom stereocenters. The second-order valence-electron chi connectivity index (χ2n) is 5.56. The van der Waals surface area contributed by atoms with Crippen molar-refractivity contribution in [1.29, 1.82) is 0 Å². The molecule has 2 aromatic rings. The Bertz CT molecular complexity index is 756. The van der Waals surface area contributed by atoms with Gasteiger partial charge in [0, 0.05) is 23.1 Å². The van der Waals surface area contributed by atoms with Gasteiger partial charge >= 0.3 is 0 Å². The van der Waals surface area contributed by atoms with Gasteiger partial charge < -0.3 is 4.74 Å². The molecule has 0 heterocycles. The molecule has 0 spiro atoms. The maximum absolute atomic E-state index is 13.3. The Balaban J connectivity index is 2.03. The lowest BCUT2D eigenvalue weighted by Crippen LogP contribution is -2.02. The summed E-state index contributed by atoms with van der Waals surface area (Å²) in [5.74, 6) is -0.777. The van der Waals surface area contributed by atoms with Crippen LogP contribution in [0.4, 0.5) is 13.2 Å². The van der Waals surface area contributed by atoms with Gasteiger partial charge in [0.25, 0.3) is 0 Å². The van der Waals surface area contributed by atoms with Crippen LogP contribution in [-0.4, -0.2) is 10.2 Å². The Morgan fingerprint density at radius 2 is 1.91 bits per heavy atom. The fourth-order valence-corrected chi connectivity index (χ4v) is 3.90. The number of rotatable bonds is 4. The van der Waals surface area contributed by atoms with Crippen LogP contribution in [0.25, 0.3) is 0 Å². The lowest BCUT2D eigenvalue weighted by Gasteiger charge is -2.15. The van der Waals surface area contributed by atoms with Crippen LogP contribution in [0.15, 0.2) is 35.2 Å². The molecule has 1 aliphatic carbocycles. The Labute approximate surface area is 134 Å². The van der Waals surface area contributed by atoms with Crippen LogP contribution in [0.5, 0.6) is 11.5 Å². The highest BCUT2D eigenvalue weighted by atomic mass is 32.2. The predicted molar refractivity (Wildman–Crippen MR) is 82.0 cm³/mol. The number of ether oxygens (including phenoxy) is 1. The van der Waals surface area contributed by atoms with Crippen LogP contribution in [0, 0.1) is 11.6 Å². The molecule has 0 saturated carbocycles. The van der Waals surface area contributed by atoms with E-state index in [1.807, 2.05) is 6.92 Å². The smallest absolute Gasteiger partial charge is 0.169 e. The van der Waals surface area contributed by atoms with E-state index in [9.17, 15) is 17.4 Å². The molecule has 23 heavy (non-hydrogen) atoms. The summed E-state index contributed by atoms with van der Waals surface area (Å²) in [4.78, 5) is 0.477. The van der Waals surface area contributed by atoms with E-state index in [0.29, 0.717) is 17.1 Å². The number of hydrogen-bond donors (Lipinski definition) is 0. The number of fused-ring (bicyclic) bond motifs is 1. The van der Waals surface area contributed by atoms with Crippen molar-refractivity contribution >= 4 is 10.8 Å². The second-order valence-corrected chi connectivity index (χ2v) is 6.90. The molecule has 2 aromatic carbocycles. The first kappa shape index (κ1) is 16.1. The van der Waals surface area contributed by atoms with Gasteiger partial charge in [0.1, 0.15) is 23.1 Å². The molecule has 3 rings (SSSR count). The van der Waals surface area contributed by atoms with Gasteiger partial charge in [0.15, 0.2) is 6.01 Å². The molecule has 0 amide bonds. The molecule has 0 bridgehead atoms. The molecule has 0 aliphatic heterocycles. The zero-order valence-corrected chi connectivity index (χ0v) is 13.3. The van der Waals surface area contributed by atoms with Crippen molar-refractivity contribution in [2.45, 2.75) is 30.6 Å². The summed E-state index contributed by atoms with van der Waals surface area (Å²) in [5, 5.41) is 0. The van der Waals surface area contributed by atoms with Gasteiger partial charge in [-0.1, -0.05) is 6.92 Å². The van der Waals surface area contributed by atoms with E-state index in [0.717, 1.165) is 35.7 Å². The Morgan fingerprint density at radius 1 is 1.22 bits per heavy atom. The minimum Gasteiger partial charge on any atom is -0.457 e. The van der Waals surface area contributed by atoms with Crippen molar-refractivity contribution in [3.05, 3.63) is 53.1 Å². The molecular formula is C17H15F3O2S. The van der Waals surface area contributed by atoms with Crippen LogP contribution in [-0.2, 0) is 17.2 Å². The number of halogens is 3. The lowest BCUT2D eigenvalue weighted by molar-refractivity contribution is 0.463. The maximum atomic E-state index is 13.3. The quantitative estimate of drug-likeness (QED) is 0.796. The molecule has 1 aliphatic rings. The fraction of sp³-hybridized carbons (Fsp3) is 0.294. The van der Waals surface area contributed by atoms with Crippen molar-refractivity contribution in [1.82, 2.24) is 0 Å². The van der Waals surface area contributed by atoms with Crippen molar-refractivity contribution in [3.8, 4) is 11.5 Å². The Kier molecular flexibility index (Phi) is 4.43. The van der Waals surface area contributed by atoms with Crippen LogP contribution in [0.1, 0.15) is 30.4 Å². The summed E-state index contributed by atoms with van der Waals surface area (Å²) in [6.45, 7) is 1.98. The SMILES string of the molecule is CC1CCc2c(Oc3cc(F)cc(F)c3)ccc(S(=O)CF)c21. The van der Waals surface area contributed by atoms with E-state index in [1.54, 1.807) is 12.1 Å². The summed E-state index contributed by atoms with van der Waals surface area (Å²) in [6.07, 6.45) is 1.53. The first-order valence-electron chi connectivity index (χ1n) is 7.23. The van der Waals surface area contributed by atoms with E-state index in [-0.39, 0.29) is 11.7 Å². The van der Waals surface area contributed by atoms with Crippen molar-refractivity contribution < 1.29 is 22.1 Å². The van der Waals surface area contributed by atoms with E-state index in [2.05, 4.69) is 0 Å². The Hall–Kier alpha value is -1.82. The van der Waals surface area contributed by atoms with E-state index in [1.165, 1.54) is 0 Å². The summed E-state index contributed by atoms with van der Waals surface area (Å²) in [7, 11) is -1.70. The highest BCUT2D eigenvalue weighted by molar-refractivity contribution is 7.84. The lowest BCUT2D eigenvalue weighted by atomic mass is 10.0. The van der Waals surface area contributed by atoms with Crippen LogP contribution < -0.4 is 4.74 Å². The van der Waals surface area contributed by atoms with Crippen molar-refractivity contribution in [3.63, 3.8) is 0 Å². The van der Waals surface area contributed by atoms with Gasteiger partial charge in [0.2, 0.25) is 0 Å². The minimum absolute atomic E-state index is 0.0589. The zero-order valence-electron chi connectivity index (χ0n) is 12.4. The summed E-state index contributed by atoms with van der Waals surface area (Å²) in [6, 6.07) is 5.19. The first-order valence-corrected chi connectivity index (χ1v) is 8.55. The van der Waals surface area contributed by atoms with Gasteiger partial charge in [-0.15, -0.1) is 0 Å². The average Bonchev–Trinajstić information content (AvgIpc) is 2.89. The summed E-state index contributed by atoms with van der Waals surface area (Å²) in [5.41, 5.74) is 1.66. The molecule has 0 saturated heterocycles. The molecule has 2 unspecified atom stereocenters. The number of hydrogen-bond acceptors (Lipinski definition) is 2. The third-order valence-corrected chi connectivity index (χ3v) is 5.05. The van der Waals surface area contributed by atoms with Gasteiger partial charge in [-0.25, -0.2) is 13.2 Å². The van der Waals surface area contributed by atoms with E-state index >= 15 is 0 Å². The molecule has 0 aromatic heterocycles. The van der Waals surface area contributed by atoms with E-state index < -0.39 is 28.4 Å². The minimum atomic E-state index is -1.70. The van der Waals surface area contributed by atoms with Crippen molar-refractivity contribution in [2.24, 2.45) is 0 Å². The van der Waals surface area contributed by atoms with E-state index in [4.69, 9.17) is 4.74 Å². The number of benzene rings is 2. The molecule has 2 nitrogen and oxygen atoms in total. The van der Waals surface area contributed by atoms with Crippen LogP contribution >= 0.6 is 0 Å². The largest absolute Gasteiger partial charge is 0.457 e. The summed E-state index contributed by atoms with van der Waals surface area (Å²) < 4.78 is 56.9. The predicted octanol–water partition coefficient (Wildman–Crippen LogP) is 4.84. The zero-order chi connectivity index (χ0) is 16.6. The van der Waals surface area contributed by atoms with Gasteiger partial charge in [-0.05, 0) is 42.0 Å². The average molecular weight is 340 g/mol. The third-order valence-electron chi connectivity index (χ3n) is 4.00. The number of alkyl halides is 1. The summed E-state index contributed by atoms with van der Waals surface area (Å²) >= 11 is 0. The highest BCUT2D eigenvalue weighted by Gasteiger charge is 2.27. The van der Waals surface area contributed by atoms with Gasteiger partial charge in [0.05, 0.1) is 10.8 Å². The topological polar surface area (TPSA) is 26.3 Å². The van der Waals surface area contributed by atoms with Crippen molar-refractivity contribution in [2.75, 3.05) is 6.01 Å². The molecule has 122 valence electrons. The van der Waals surface area contributed by atoms with Gasteiger partial charge in [-0.3, -0.25) is 4.21 Å². The normalized spacial score (nSPS) is 17.8. The molecule has 0 radical (unpaired) electrons. The monoisotopic (exact) mass is 340 g/mol. The highest BCUT2D eigenvalue weighted by Crippen LogP contribution is 2.43. The standard InChI is InChI=1S/C17H15F3O2S/c1-10-2-3-14-15(4-5-16(17(10)14)23(21)9-18)22-13-7-11(19)6-12(20)8-13/h4-8,10H,2-3,9H2,1H3. The molecule has 6 heteroatoms. The van der Waals surface area contributed by atoms with Crippen LogP contribution in [0.3, 0.4) is 0 Å². The molecule has 0 fully saturated rings. The fourth-order valence-electron chi connectivity index (χ4n) is 2.99. The molecule has 0 N–H and O–H groups in total. The second kappa shape index (κ2) is 6.35. The van der Waals surface area contributed by atoms with Crippen LogP contribution in [0.2, 0.25) is 0 Å². The molecular weight excluding hydrogens is 325 g/mol. The third kappa shape index (κ3) is 3.13. The van der Waals surface area contributed by atoms with Gasteiger partial charge in [-0.2, -0.15) is 0 Å². The maximum Gasteiger partial charge on any atom is 0.169 e.